The van der Waals surface area contributed by atoms with E-state index in [1.54, 1.807) is 0 Å². The molecule has 90 valence electrons. The van der Waals surface area contributed by atoms with Crippen LogP contribution in [0.4, 0.5) is 0 Å². The number of hydrogen-bond donors (Lipinski definition) is 1. The molecule has 2 atom stereocenters. The lowest BCUT2D eigenvalue weighted by molar-refractivity contribution is 0.334. The van der Waals surface area contributed by atoms with Crippen LogP contribution < -0.4 is 5.32 Å². The van der Waals surface area contributed by atoms with Crippen molar-refractivity contribution in [1.29, 1.82) is 0 Å². The van der Waals surface area contributed by atoms with Crippen LogP contribution in [-0.2, 0) is 7.05 Å². The molecule has 0 aliphatic carbocycles. The standard InChI is InChI=1S/C13H18N4/c1-9-8-14-7-5-10(9)12-16-11-4-3-6-15-13(11)17(12)2/h3-4,6,9-10,14H,5,7-8H2,1-2H3. The Morgan fingerprint density at radius 3 is 3.12 bits per heavy atom. The van der Waals surface area contributed by atoms with Crippen molar-refractivity contribution in [3.05, 3.63) is 24.2 Å². The summed E-state index contributed by atoms with van der Waals surface area (Å²) >= 11 is 0. The van der Waals surface area contributed by atoms with Crippen molar-refractivity contribution in [2.45, 2.75) is 19.3 Å². The zero-order valence-corrected chi connectivity index (χ0v) is 10.3. The van der Waals surface area contributed by atoms with Crippen LogP contribution in [0.5, 0.6) is 0 Å². The molecular formula is C13H18N4. The van der Waals surface area contributed by atoms with Gasteiger partial charge in [0.05, 0.1) is 0 Å². The van der Waals surface area contributed by atoms with E-state index in [0.717, 1.165) is 24.3 Å². The molecule has 2 aromatic heterocycles. The second-order valence-corrected chi connectivity index (χ2v) is 4.95. The third-order valence-corrected chi connectivity index (χ3v) is 3.78. The molecule has 3 heterocycles. The zero-order valence-electron chi connectivity index (χ0n) is 10.3. The van der Waals surface area contributed by atoms with Crippen LogP contribution in [-0.4, -0.2) is 27.6 Å². The molecule has 1 aliphatic heterocycles. The second-order valence-electron chi connectivity index (χ2n) is 4.95. The number of nitrogens with one attached hydrogen (secondary N) is 1. The number of aryl methyl sites for hydroxylation is 1. The van der Waals surface area contributed by atoms with Crippen LogP contribution >= 0.6 is 0 Å². The Hall–Kier alpha value is -1.42. The molecule has 1 fully saturated rings. The Labute approximate surface area is 101 Å². The molecule has 1 aliphatic rings. The van der Waals surface area contributed by atoms with Crippen LogP contribution in [0.25, 0.3) is 11.2 Å². The molecule has 3 rings (SSSR count). The summed E-state index contributed by atoms with van der Waals surface area (Å²) in [7, 11) is 2.08. The lowest BCUT2D eigenvalue weighted by Crippen LogP contribution is -2.34. The molecule has 1 saturated heterocycles. The predicted molar refractivity (Wildman–Crippen MR) is 67.9 cm³/mol. The highest BCUT2D eigenvalue weighted by Crippen LogP contribution is 2.30. The van der Waals surface area contributed by atoms with Crippen molar-refractivity contribution in [2.75, 3.05) is 13.1 Å². The smallest absolute Gasteiger partial charge is 0.159 e. The first-order valence-electron chi connectivity index (χ1n) is 6.25. The van der Waals surface area contributed by atoms with Gasteiger partial charge in [0.25, 0.3) is 0 Å². The first-order valence-corrected chi connectivity index (χ1v) is 6.25. The van der Waals surface area contributed by atoms with Gasteiger partial charge in [0, 0.05) is 19.2 Å². The molecule has 4 nitrogen and oxygen atoms in total. The Kier molecular flexibility index (Phi) is 2.59. The molecule has 2 aromatic rings. The van der Waals surface area contributed by atoms with Crippen molar-refractivity contribution in [3.63, 3.8) is 0 Å². The maximum Gasteiger partial charge on any atom is 0.159 e. The van der Waals surface area contributed by atoms with Gasteiger partial charge < -0.3 is 9.88 Å². The second kappa shape index (κ2) is 4.11. The molecule has 17 heavy (non-hydrogen) atoms. The highest BCUT2D eigenvalue weighted by molar-refractivity contribution is 5.71. The topological polar surface area (TPSA) is 42.7 Å². The summed E-state index contributed by atoms with van der Waals surface area (Å²) in [5.41, 5.74) is 2.00. The highest BCUT2D eigenvalue weighted by Gasteiger charge is 2.27. The summed E-state index contributed by atoms with van der Waals surface area (Å²) in [6, 6.07) is 3.99. The molecule has 4 heteroatoms. The number of piperidine rings is 1. The summed E-state index contributed by atoms with van der Waals surface area (Å²) < 4.78 is 2.15. The molecule has 0 saturated carbocycles. The summed E-state index contributed by atoms with van der Waals surface area (Å²) in [6.07, 6.45) is 3.00. The van der Waals surface area contributed by atoms with Gasteiger partial charge in [-0.25, -0.2) is 9.97 Å². The Balaban J connectivity index is 2.07. The van der Waals surface area contributed by atoms with E-state index >= 15 is 0 Å². The van der Waals surface area contributed by atoms with E-state index in [9.17, 15) is 0 Å². The summed E-state index contributed by atoms with van der Waals surface area (Å²) in [5, 5.41) is 3.43. The van der Waals surface area contributed by atoms with Crippen LogP contribution in [0.1, 0.15) is 25.1 Å². The van der Waals surface area contributed by atoms with E-state index in [-0.39, 0.29) is 0 Å². The molecule has 0 amide bonds. The van der Waals surface area contributed by atoms with E-state index in [1.807, 2.05) is 18.3 Å². The Morgan fingerprint density at radius 1 is 1.47 bits per heavy atom. The van der Waals surface area contributed by atoms with E-state index in [2.05, 4.69) is 28.8 Å². The normalized spacial score (nSPS) is 25.3. The quantitative estimate of drug-likeness (QED) is 0.810. The molecule has 2 unspecified atom stereocenters. The van der Waals surface area contributed by atoms with E-state index in [4.69, 9.17) is 4.98 Å². The first kappa shape index (κ1) is 10.7. The minimum absolute atomic E-state index is 0.551. The molecular weight excluding hydrogens is 212 g/mol. The van der Waals surface area contributed by atoms with Gasteiger partial charge >= 0.3 is 0 Å². The summed E-state index contributed by atoms with van der Waals surface area (Å²) in [6.45, 7) is 4.47. The lowest BCUT2D eigenvalue weighted by Gasteiger charge is -2.28. The van der Waals surface area contributed by atoms with Crippen LogP contribution in [0.2, 0.25) is 0 Å². The van der Waals surface area contributed by atoms with Gasteiger partial charge in [0.15, 0.2) is 5.65 Å². The minimum atomic E-state index is 0.551. The molecule has 1 N–H and O–H groups in total. The van der Waals surface area contributed by atoms with Gasteiger partial charge in [-0.3, -0.25) is 0 Å². The van der Waals surface area contributed by atoms with Crippen molar-refractivity contribution in [3.8, 4) is 0 Å². The molecule has 0 spiro atoms. The number of hydrogen-bond acceptors (Lipinski definition) is 3. The third-order valence-electron chi connectivity index (χ3n) is 3.78. The molecule has 0 radical (unpaired) electrons. The average Bonchev–Trinajstić information content (AvgIpc) is 2.68. The van der Waals surface area contributed by atoms with Gasteiger partial charge in [-0.05, 0) is 37.6 Å². The monoisotopic (exact) mass is 230 g/mol. The van der Waals surface area contributed by atoms with Crippen LogP contribution in [0, 0.1) is 5.92 Å². The first-order chi connectivity index (χ1) is 8.27. The minimum Gasteiger partial charge on any atom is -0.316 e. The fourth-order valence-corrected chi connectivity index (χ4v) is 2.77. The van der Waals surface area contributed by atoms with Gasteiger partial charge in [-0.15, -0.1) is 0 Å². The number of imidazole rings is 1. The van der Waals surface area contributed by atoms with E-state index < -0.39 is 0 Å². The van der Waals surface area contributed by atoms with Crippen molar-refractivity contribution in [1.82, 2.24) is 19.9 Å². The van der Waals surface area contributed by atoms with Crippen molar-refractivity contribution >= 4 is 11.2 Å². The van der Waals surface area contributed by atoms with E-state index in [0.29, 0.717) is 11.8 Å². The van der Waals surface area contributed by atoms with Gasteiger partial charge in [-0.1, -0.05) is 6.92 Å². The van der Waals surface area contributed by atoms with Gasteiger partial charge in [-0.2, -0.15) is 0 Å². The summed E-state index contributed by atoms with van der Waals surface area (Å²) in [4.78, 5) is 9.17. The maximum absolute atomic E-state index is 4.76. The van der Waals surface area contributed by atoms with E-state index in [1.165, 1.54) is 12.2 Å². The SMILES string of the molecule is CC1CNCCC1c1nc2cccnc2n1C. The van der Waals surface area contributed by atoms with Gasteiger partial charge in [0.1, 0.15) is 11.3 Å². The van der Waals surface area contributed by atoms with Crippen molar-refractivity contribution < 1.29 is 0 Å². The Morgan fingerprint density at radius 2 is 2.35 bits per heavy atom. The number of rotatable bonds is 1. The van der Waals surface area contributed by atoms with Crippen LogP contribution in [0.3, 0.4) is 0 Å². The Bertz CT molecular complexity index is 531. The lowest BCUT2D eigenvalue weighted by atomic mass is 9.87. The average molecular weight is 230 g/mol. The summed E-state index contributed by atoms with van der Waals surface area (Å²) in [5.74, 6) is 2.38. The third kappa shape index (κ3) is 1.72. The predicted octanol–water partition coefficient (Wildman–Crippen LogP) is 1.68. The molecule has 0 aromatic carbocycles. The zero-order chi connectivity index (χ0) is 11.8. The largest absolute Gasteiger partial charge is 0.316 e. The fourth-order valence-electron chi connectivity index (χ4n) is 2.77. The number of nitrogens with zero attached hydrogens (tertiary/aromatic N) is 3. The van der Waals surface area contributed by atoms with Crippen LogP contribution in [0.15, 0.2) is 18.3 Å². The number of aromatic nitrogens is 3. The highest BCUT2D eigenvalue weighted by atomic mass is 15.1. The van der Waals surface area contributed by atoms with Crippen molar-refractivity contribution in [2.24, 2.45) is 13.0 Å². The van der Waals surface area contributed by atoms with Gasteiger partial charge in [0.2, 0.25) is 0 Å². The molecule has 0 bridgehead atoms. The fraction of sp³-hybridized carbons (Fsp3) is 0.538. The number of fused-ring (bicyclic) bond motifs is 1. The number of pyridine rings is 1. The maximum atomic E-state index is 4.76.